The van der Waals surface area contributed by atoms with Crippen molar-refractivity contribution in [2.75, 3.05) is 7.05 Å². The van der Waals surface area contributed by atoms with E-state index in [2.05, 4.69) is 43.2 Å². The number of hydrogen-bond donors (Lipinski definition) is 3. The Morgan fingerprint density at radius 2 is 2.10 bits per heavy atom. The Labute approximate surface area is 188 Å². The lowest BCUT2D eigenvalue weighted by atomic mass is 9.72. The van der Waals surface area contributed by atoms with E-state index in [4.69, 9.17) is 4.74 Å². The molecule has 0 saturated heterocycles. The SMILES string of the molecule is CNC(=O)C(=O)N[C@@H](C)CC1CCC2(CC1)OC(=O)NN=C2c1cccc(C#N)c1Br. The summed E-state index contributed by atoms with van der Waals surface area (Å²) in [5, 5.41) is 18.7. The largest absolute Gasteiger partial charge is 0.435 e. The van der Waals surface area contributed by atoms with Gasteiger partial charge in [0, 0.05) is 23.1 Å². The van der Waals surface area contributed by atoms with Gasteiger partial charge in [0.05, 0.1) is 5.56 Å². The third-order valence-corrected chi connectivity index (χ3v) is 6.62. The summed E-state index contributed by atoms with van der Waals surface area (Å²) in [7, 11) is 1.41. The first-order valence-electron chi connectivity index (χ1n) is 10.1. The molecule has 3 N–H and O–H groups in total. The van der Waals surface area contributed by atoms with Crippen molar-refractivity contribution >= 4 is 39.5 Å². The fraction of sp³-hybridized carbons (Fsp3) is 0.476. The number of hydrazone groups is 1. The molecule has 164 valence electrons. The van der Waals surface area contributed by atoms with Crippen LogP contribution in [0.1, 0.15) is 50.2 Å². The van der Waals surface area contributed by atoms with Crippen LogP contribution in [0.5, 0.6) is 0 Å². The van der Waals surface area contributed by atoms with Crippen LogP contribution in [0.25, 0.3) is 0 Å². The molecule has 0 unspecified atom stereocenters. The van der Waals surface area contributed by atoms with Crippen LogP contribution in [-0.2, 0) is 14.3 Å². The number of carbonyl (C=O) groups is 3. The van der Waals surface area contributed by atoms with Crippen LogP contribution in [0.4, 0.5) is 4.79 Å². The van der Waals surface area contributed by atoms with Gasteiger partial charge < -0.3 is 15.4 Å². The molecule has 2 aliphatic rings. The molecule has 1 heterocycles. The second-order valence-electron chi connectivity index (χ2n) is 7.87. The van der Waals surface area contributed by atoms with E-state index < -0.39 is 23.5 Å². The Balaban J connectivity index is 1.73. The smallest absolute Gasteiger partial charge is 0.428 e. The maximum absolute atomic E-state index is 12.0. The highest BCUT2D eigenvalue weighted by Gasteiger charge is 2.47. The summed E-state index contributed by atoms with van der Waals surface area (Å²) in [6, 6.07) is 7.30. The van der Waals surface area contributed by atoms with Gasteiger partial charge in [-0.2, -0.15) is 10.4 Å². The Kier molecular flexibility index (Phi) is 6.95. The molecule has 1 saturated carbocycles. The Morgan fingerprint density at radius 3 is 2.74 bits per heavy atom. The zero-order valence-electron chi connectivity index (χ0n) is 17.3. The van der Waals surface area contributed by atoms with E-state index in [1.54, 1.807) is 12.1 Å². The van der Waals surface area contributed by atoms with Crippen molar-refractivity contribution in [2.45, 2.75) is 50.7 Å². The van der Waals surface area contributed by atoms with Gasteiger partial charge in [0.15, 0.2) is 5.60 Å². The molecule has 10 heteroatoms. The normalized spacial score (nSPS) is 23.6. The Morgan fingerprint density at radius 1 is 1.39 bits per heavy atom. The molecule has 3 amide bonds. The first-order valence-corrected chi connectivity index (χ1v) is 10.9. The molecular formula is C21H24BrN5O4. The molecule has 1 aliphatic heterocycles. The van der Waals surface area contributed by atoms with Gasteiger partial charge in [-0.05, 0) is 66.9 Å². The zero-order valence-corrected chi connectivity index (χ0v) is 18.9. The molecule has 1 aromatic rings. The maximum atomic E-state index is 12.0. The van der Waals surface area contributed by atoms with Crippen LogP contribution in [0.15, 0.2) is 27.8 Å². The van der Waals surface area contributed by atoms with Crippen LogP contribution in [-0.4, -0.2) is 42.3 Å². The number of carbonyl (C=O) groups excluding carboxylic acids is 3. The summed E-state index contributed by atoms with van der Waals surface area (Å²) in [4.78, 5) is 35.2. The molecule has 1 aliphatic carbocycles. The molecule has 1 fully saturated rings. The van der Waals surface area contributed by atoms with Crippen molar-refractivity contribution in [3.8, 4) is 6.07 Å². The molecule has 1 spiro atoms. The first-order chi connectivity index (χ1) is 14.8. The van der Waals surface area contributed by atoms with E-state index in [-0.39, 0.29) is 6.04 Å². The monoisotopic (exact) mass is 489 g/mol. The van der Waals surface area contributed by atoms with E-state index in [1.165, 1.54) is 7.05 Å². The highest BCUT2D eigenvalue weighted by molar-refractivity contribution is 9.10. The number of nitrogens with zero attached hydrogens (tertiary/aromatic N) is 2. The summed E-state index contributed by atoms with van der Waals surface area (Å²) in [6.45, 7) is 1.87. The van der Waals surface area contributed by atoms with Crippen LogP contribution in [0, 0.1) is 17.2 Å². The van der Waals surface area contributed by atoms with Crippen LogP contribution in [0.3, 0.4) is 0 Å². The topological polar surface area (TPSA) is 133 Å². The predicted molar refractivity (Wildman–Crippen MR) is 116 cm³/mol. The lowest BCUT2D eigenvalue weighted by Crippen LogP contribution is -2.52. The van der Waals surface area contributed by atoms with Crippen molar-refractivity contribution in [3.05, 3.63) is 33.8 Å². The number of benzene rings is 1. The summed E-state index contributed by atoms with van der Waals surface area (Å²) >= 11 is 3.48. The van der Waals surface area contributed by atoms with Crippen LogP contribution < -0.4 is 16.1 Å². The maximum Gasteiger partial charge on any atom is 0.428 e. The predicted octanol–water partition coefficient (Wildman–Crippen LogP) is 2.33. The van der Waals surface area contributed by atoms with Gasteiger partial charge in [0.2, 0.25) is 0 Å². The second-order valence-corrected chi connectivity index (χ2v) is 8.66. The number of amides is 3. The molecule has 1 atom stereocenters. The number of halogens is 1. The number of rotatable bonds is 4. The molecule has 3 rings (SSSR count). The first kappa shape index (κ1) is 22.7. The second kappa shape index (κ2) is 9.47. The molecular weight excluding hydrogens is 466 g/mol. The van der Waals surface area contributed by atoms with Gasteiger partial charge >= 0.3 is 17.9 Å². The fourth-order valence-corrected chi connectivity index (χ4v) is 4.78. The van der Waals surface area contributed by atoms with Crippen LogP contribution >= 0.6 is 15.9 Å². The molecule has 1 aromatic carbocycles. The van der Waals surface area contributed by atoms with Crippen LogP contribution in [0.2, 0.25) is 0 Å². The molecule has 0 aromatic heterocycles. The van der Waals surface area contributed by atoms with Crippen molar-refractivity contribution in [1.29, 1.82) is 5.26 Å². The highest BCUT2D eigenvalue weighted by atomic mass is 79.9. The Hall–Kier alpha value is -2.93. The number of nitrogens with one attached hydrogen (secondary N) is 3. The van der Waals surface area contributed by atoms with Crippen molar-refractivity contribution < 1.29 is 19.1 Å². The minimum Gasteiger partial charge on any atom is -0.435 e. The lowest BCUT2D eigenvalue weighted by molar-refractivity contribution is -0.139. The number of likely N-dealkylation sites (N-methyl/N-ethyl adjacent to an activating group) is 1. The van der Waals surface area contributed by atoms with Gasteiger partial charge in [0.1, 0.15) is 11.8 Å². The van der Waals surface area contributed by atoms with Crippen molar-refractivity contribution in [2.24, 2.45) is 11.0 Å². The van der Waals surface area contributed by atoms with Gasteiger partial charge in [0.25, 0.3) is 0 Å². The third kappa shape index (κ3) is 4.88. The van der Waals surface area contributed by atoms with Crippen molar-refractivity contribution in [3.63, 3.8) is 0 Å². The standard InChI is InChI=1S/C21H24BrN5O4/c1-12(25-19(29)18(28)24-2)10-13-6-8-21(9-7-13)17(26-27-20(30)31-21)15-5-3-4-14(11-23)16(15)22/h3-5,12-13H,6-10H2,1-2H3,(H,24,28)(H,25,29)(H,27,30)/t12-,13?,21?/m0/s1. The summed E-state index contributed by atoms with van der Waals surface area (Å²) in [5.41, 5.74) is 3.29. The lowest BCUT2D eigenvalue weighted by Gasteiger charge is -2.42. The van der Waals surface area contributed by atoms with E-state index in [0.29, 0.717) is 46.5 Å². The minimum absolute atomic E-state index is 0.158. The van der Waals surface area contributed by atoms with E-state index in [9.17, 15) is 19.6 Å². The van der Waals surface area contributed by atoms with Gasteiger partial charge in [-0.25, -0.2) is 10.2 Å². The number of hydrogen-bond acceptors (Lipinski definition) is 6. The molecule has 0 bridgehead atoms. The fourth-order valence-electron chi connectivity index (χ4n) is 4.24. The quantitative estimate of drug-likeness (QED) is 0.558. The van der Waals surface area contributed by atoms with Gasteiger partial charge in [-0.15, -0.1) is 0 Å². The molecule has 31 heavy (non-hydrogen) atoms. The number of nitriles is 1. The van der Waals surface area contributed by atoms with Crippen molar-refractivity contribution in [1.82, 2.24) is 16.1 Å². The summed E-state index contributed by atoms with van der Waals surface area (Å²) < 4.78 is 6.38. The summed E-state index contributed by atoms with van der Waals surface area (Å²) in [5.74, 6) is -1.01. The molecule has 9 nitrogen and oxygen atoms in total. The average molecular weight is 490 g/mol. The summed E-state index contributed by atoms with van der Waals surface area (Å²) in [6.07, 6.45) is 2.79. The van der Waals surface area contributed by atoms with E-state index in [1.807, 2.05) is 13.0 Å². The van der Waals surface area contributed by atoms with E-state index in [0.717, 1.165) is 12.8 Å². The number of ether oxygens (including phenoxy) is 1. The average Bonchev–Trinajstić information content (AvgIpc) is 2.75. The Bertz CT molecular complexity index is 963. The third-order valence-electron chi connectivity index (χ3n) is 5.76. The highest BCUT2D eigenvalue weighted by Crippen LogP contribution is 2.41. The minimum atomic E-state index is -0.871. The van der Waals surface area contributed by atoms with Gasteiger partial charge in [-0.3, -0.25) is 9.59 Å². The molecule has 0 radical (unpaired) electrons. The zero-order chi connectivity index (χ0) is 22.6. The van der Waals surface area contributed by atoms with E-state index >= 15 is 0 Å². The van der Waals surface area contributed by atoms with Gasteiger partial charge in [-0.1, -0.05) is 12.1 Å².